The van der Waals surface area contributed by atoms with Gasteiger partial charge in [-0.05, 0) is 38.8 Å². The van der Waals surface area contributed by atoms with Crippen LogP contribution in [0.3, 0.4) is 0 Å². The van der Waals surface area contributed by atoms with E-state index in [0.717, 1.165) is 25.7 Å². The number of nitrogens with one attached hydrogen (secondary N) is 1. The lowest BCUT2D eigenvalue weighted by Gasteiger charge is -2.28. The van der Waals surface area contributed by atoms with Crippen LogP contribution < -0.4 is 22.5 Å². The number of carbonyl (C=O) groups excluding carboxylic acids is 3. The number of hydrogen-bond acceptors (Lipinski definition) is 5. The highest BCUT2D eigenvalue weighted by atomic mass is 16.2. The Bertz CT molecular complexity index is 502. The molecular formula is C24H49N5O3. The molecule has 0 aliphatic heterocycles. The first-order chi connectivity index (χ1) is 15.4. The van der Waals surface area contributed by atoms with Crippen molar-refractivity contribution in [1.29, 1.82) is 0 Å². The summed E-state index contributed by atoms with van der Waals surface area (Å²) in [5.74, 6) is -0.724. The quantitative estimate of drug-likeness (QED) is 0.185. The fourth-order valence-electron chi connectivity index (χ4n) is 3.76. The van der Waals surface area contributed by atoms with Gasteiger partial charge in [-0.1, -0.05) is 64.7 Å². The minimum atomic E-state index is -0.562. The molecule has 0 rings (SSSR count). The van der Waals surface area contributed by atoms with Crippen molar-refractivity contribution in [2.75, 3.05) is 26.2 Å². The first kappa shape index (κ1) is 30.3. The average Bonchev–Trinajstić information content (AvgIpc) is 2.75. The summed E-state index contributed by atoms with van der Waals surface area (Å²) in [4.78, 5) is 37.9. The Kier molecular flexibility index (Phi) is 20.1. The molecule has 0 aliphatic carbocycles. The maximum absolute atomic E-state index is 12.5. The smallest absolute Gasteiger partial charge is 0.237 e. The molecule has 0 bridgehead atoms. The molecule has 0 aromatic carbocycles. The Hall–Kier alpha value is -1.67. The van der Waals surface area contributed by atoms with E-state index in [2.05, 4.69) is 12.2 Å². The van der Waals surface area contributed by atoms with Crippen LogP contribution in [0.15, 0.2) is 0 Å². The fourth-order valence-corrected chi connectivity index (χ4v) is 3.76. The Morgan fingerprint density at radius 3 is 1.94 bits per heavy atom. The van der Waals surface area contributed by atoms with Gasteiger partial charge in [0.2, 0.25) is 17.7 Å². The summed E-state index contributed by atoms with van der Waals surface area (Å²) in [5.41, 5.74) is 16.4. The molecule has 0 aromatic heterocycles. The zero-order valence-corrected chi connectivity index (χ0v) is 20.4. The van der Waals surface area contributed by atoms with E-state index in [4.69, 9.17) is 17.2 Å². The summed E-state index contributed by atoms with van der Waals surface area (Å²) in [5, 5.41) is 3.07. The number of amides is 3. The van der Waals surface area contributed by atoms with Gasteiger partial charge < -0.3 is 27.4 Å². The maximum atomic E-state index is 12.5. The molecule has 0 aromatic rings. The number of carbonyl (C=O) groups is 3. The zero-order valence-electron chi connectivity index (χ0n) is 20.4. The van der Waals surface area contributed by atoms with Gasteiger partial charge in [-0.25, -0.2) is 0 Å². The summed E-state index contributed by atoms with van der Waals surface area (Å²) in [6, 6.07) is -0.214. The number of nitrogens with zero attached hydrogens (tertiary/aromatic N) is 1. The molecule has 188 valence electrons. The molecule has 0 aliphatic rings. The van der Waals surface area contributed by atoms with Crippen LogP contribution in [0.1, 0.15) is 103 Å². The zero-order chi connectivity index (χ0) is 24.0. The van der Waals surface area contributed by atoms with E-state index >= 15 is 0 Å². The second-order valence-electron chi connectivity index (χ2n) is 8.76. The van der Waals surface area contributed by atoms with Crippen molar-refractivity contribution < 1.29 is 14.4 Å². The van der Waals surface area contributed by atoms with E-state index in [1.54, 1.807) is 0 Å². The number of hydrogen-bond donors (Lipinski definition) is 4. The Balaban J connectivity index is 4.50. The largest absolute Gasteiger partial charge is 0.368 e. The highest BCUT2D eigenvalue weighted by Crippen LogP contribution is 2.11. The normalized spacial score (nSPS) is 11.8. The predicted molar refractivity (Wildman–Crippen MR) is 131 cm³/mol. The lowest BCUT2D eigenvalue weighted by molar-refractivity contribution is -0.136. The van der Waals surface area contributed by atoms with Crippen LogP contribution in [-0.4, -0.2) is 54.8 Å². The van der Waals surface area contributed by atoms with E-state index in [1.807, 2.05) is 0 Å². The monoisotopic (exact) mass is 455 g/mol. The molecular weight excluding hydrogens is 406 g/mol. The maximum Gasteiger partial charge on any atom is 0.237 e. The van der Waals surface area contributed by atoms with Crippen LogP contribution in [-0.2, 0) is 14.4 Å². The third-order valence-electron chi connectivity index (χ3n) is 5.61. The van der Waals surface area contributed by atoms with Crippen molar-refractivity contribution in [3.63, 3.8) is 0 Å². The molecule has 0 radical (unpaired) electrons. The number of nitrogens with two attached hydrogens (primary N) is 3. The lowest BCUT2D eigenvalue weighted by Crippen LogP contribution is -2.48. The van der Waals surface area contributed by atoms with Crippen LogP contribution in [0.25, 0.3) is 0 Å². The molecule has 3 amide bonds. The summed E-state index contributed by atoms with van der Waals surface area (Å²) in [6.45, 7) is 3.35. The number of primary amides is 1. The molecule has 0 unspecified atom stereocenters. The van der Waals surface area contributed by atoms with Gasteiger partial charge in [-0.2, -0.15) is 0 Å². The molecule has 0 saturated heterocycles. The third-order valence-corrected chi connectivity index (χ3v) is 5.61. The lowest BCUT2D eigenvalue weighted by atomic mass is 10.1. The average molecular weight is 456 g/mol. The van der Waals surface area contributed by atoms with Gasteiger partial charge in [0.15, 0.2) is 0 Å². The van der Waals surface area contributed by atoms with E-state index in [0.29, 0.717) is 32.4 Å². The van der Waals surface area contributed by atoms with Gasteiger partial charge in [0.1, 0.15) is 0 Å². The SMILES string of the molecule is CCCCCCCCCCCC(=O)N[C@@H](CCCCN)CN(CC(N)=O)C(=O)CCCN. The van der Waals surface area contributed by atoms with Gasteiger partial charge in [0.05, 0.1) is 6.54 Å². The van der Waals surface area contributed by atoms with Crippen LogP contribution in [0.4, 0.5) is 0 Å². The van der Waals surface area contributed by atoms with E-state index in [-0.39, 0.29) is 37.4 Å². The summed E-state index contributed by atoms with van der Waals surface area (Å²) >= 11 is 0. The Morgan fingerprint density at radius 2 is 1.38 bits per heavy atom. The molecule has 0 fully saturated rings. The molecule has 7 N–H and O–H groups in total. The van der Waals surface area contributed by atoms with Crippen LogP contribution in [0.2, 0.25) is 0 Å². The van der Waals surface area contributed by atoms with Crippen LogP contribution in [0.5, 0.6) is 0 Å². The molecule has 0 heterocycles. The van der Waals surface area contributed by atoms with E-state index < -0.39 is 5.91 Å². The van der Waals surface area contributed by atoms with Gasteiger partial charge >= 0.3 is 0 Å². The topological polar surface area (TPSA) is 145 Å². The number of unbranched alkanes of at least 4 members (excludes halogenated alkanes) is 9. The number of rotatable bonds is 22. The first-order valence-corrected chi connectivity index (χ1v) is 12.7. The Morgan fingerprint density at radius 1 is 0.781 bits per heavy atom. The van der Waals surface area contributed by atoms with E-state index in [1.165, 1.54) is 49.8 Å². The Labute approximate surface area is 195 Å². The molecule has 0 saturated carbocycles. The molecule has 0 spiro atoms. The molecule has 32 heavy (non-hydrogen) atoms. The van der Waals surface area contributed by atoms with Crippen molar-refractivity contribution in [3.8, 4) is 0 Å². The van der Waals surface area contributed by atoms with Crippen molar-refractivity contribution in [1.82, 2.24) is 10.2 Å². The predicted octanol–water partition coefficient (Wildman–Crippen LogP) is 2.57. The van der Waals surface area contributed by atoms with Crippen LogP contribution >= 0.6 is 0 Å². The minimum absolute atomic E-state index is 0.000809. The minimum Gasteiger partial charge on any atom is -0.368 e. The van der Waals surface area contributed by atoms with Crippen molar-refractivity contribution in [2.45, 2.75) is 109 Å². The summed E-state index contributed by atoms with van der Waals surface area (Å²) in [6.07, 6.45) is 14.6. The third kappa shape index (κ3) is 18.0. The second kappa shape index (κ2) is 21.2. The molecule has 1 atom stereocenters. The summed E-state index contributed by atoms with van der Waals surface area (Å²) in [7, 11) is 0. The second-order valence-corrected chi connectivity index (χ2v) is 8.76. The van der Waals surface area contributed by atoms with Gasteiger partial charge in [0, 0.05) is 25.4 Å². The fraction of sp³-hybridized carbons (Fsp3) is 0.875. The highest BCUT2D eigenvalue weighted by molar-refractivity contribution is 5.84. The van der Waals surface area contributed by atoms with E-state index in [9.17, 15) is 14.4 Å². The van der Waals surface area contributed by atoms with Crippen molar-refractivity contribution >= 4 is 17.7 Å². The van der Waals surface area contributed by atoms with Crippen LogP contribution in [0, 0.1) is 0 Å². The van der Waals surface area contributed by atoms with Crippen molar-refractivity contribution in [2.24, 2.45) is 17.2 Å². The van der Waals surface area contributed by atoms with Gasteiger partial charge in [0.25, 0.3) is 0 Å². The first-order valence-electron chi connectivity index (χ1n) is 12.7. The summed E-state index contributed by atoms with van der Waals surface area (Å²) < 4.78 is 0. The standard InChI is InChI=1S/C24H49N5O3/c1-2-3-4-5-6-7-8-9-10-15-23(31)28-21(14-11-12-17-25)19-29(20-22(27)30)24(32)16-13-18-26/h21H,2-20,25-26H2,1H3,(H2,27,30)(H,28,31)/t21-/m0/s1. The molecule has 8 heteroatoms. The molecule has 8 nitrogen and oxygen atoms in total. The van der Waals surface area contributed by atoms with Gasteiger partial charge in [-0.15, -0.1) is 0 Å². The van der Waals surface area contributed by atoms with Gasteiger partial charge in [-0.3, -0.25) is 14.4 Å². The highest BCUT2D eigenvalue weighted by Gasteiger charge is 2.21. The van der Waals surface area contributed by atoms with Crippen molar-refractivity contribution in [3.05, 3.63) is 0 Å².